The monoisotopic (exact) mass is 366 g/mol. The van der Waals surface area contributed by atoms with Crippen LogP contribution in [0.2, 0.25) is 0 Å². The topological polar surface area (TPSA) is 93.2 Å². The smallest absolute Gasteiger partial charge is 0.290 e. The van der Waals surface area contributed by atoms with Crippen LogP contribution in [0.15, 0.2) is 53.2 Å². The highest BCUT2D eigenvalue weighted by atomic mass is 16.5. The molecule has 1 saturated carbocycles. The van der Waals surface area contributed by atoms with E-state index in [9.17, 15) is 9.90 Å². The molecule has 4 rings (SSSR count). The van der Waals surface area contributed by atoms with Crippen LogP contribution in [0.5, 0.6) is 0 Å². The summed E-state index contributed by atoms with van der Waals surface area (Å²) in [6.07, 6.45) is 2.93. The van der Waals surface area contributed by atoms with Gasteiger partial charge in [-0.1, -0.05) is 35.5 Å². The molecule has 0 radical (unpaired) electrons. The number of aromatic nitrogens is 3. The number of carbonyl (C=O) groups excluding carboxylic acids is 1. The number of aliphatic hydroxyl groups is 1. The first-order chi connectivity index (χ1) is 13.1. The van der Waals surface area contributed by atoms with Crippen molar-refractivity contribution in [2.75, 3.05) is 0 Å². The standard InChI is InChI=1S/C20H22N4O3/c1-13(25)18-7-8-21-24(18)12-14-9-16(10-14)22-20(26)19-11-17(23-27-19)15-5-3-2-4-6-15/h2-8,11,13-14,16,25H,9-10,12H2,1H3,(H,22,26)/t13-,14-,16-/m0/s1. The molecule has 0 aliphatic heterocycles. The molecular weight excluding hydrogens is 344 g/mol. The SMILES string of the molecule is C[C@H](O)c1ccnn1C[C@H]1C[C@H](NC(=O)c2cc(-c3ccccc3)no2)C1. The molecule has 1 fully saturated rings. The number of benzene rings is 1. The van der Waals surface area contributed by atoms with Gasteiger partial charge in [0.2, 0.25) is 5.76 Å². The van der Waals surface area contributed by atoms with Gasteiger partial charge in [0, 0.05) is 30.4 Å². The van der Waals surface area contributed by atoms with Crippen molar-refractivity contribution in [2.45, 2.75) is 38.5 Å². The van der Waals surface area contributed by atoms with Gasteiger partial charge in [0.05, 0.1) is 11.8 Å². The van der Waals surface area contributed by atoms with E-state index in [1.807, 2.05) is 41.1 Å². The molecule has 1 amide bonds. The van der Waals surface area contributed by atoms with E-state index in [1.165, 1.54) is 0 Å². The van der Waals surface area contributed by atoms with E-state index in [-0.39, 0.29) is 17.7 Å². The van der Waals surface area contributed by atoms with Crippen molar-refractivity contribution >= 4 is 5.91 Å². The zero-order valence-corrected chi connectivity index (χ0v) is 15.1. The highest BCUT2D eigenvalue weighted by molar-refractivity contribution is 5.92. The van der Waals surface area contributed by atoms with Gasteiger partial charge in [0.1, 0.15) is 5.69 Å². The van der Waals surface area contributed by atoms with Crippen molar-refractivity contribution in [1.82, 2.24) is 20.3 Å². The lowest BCUT2D eigenvalue weighted by molar-refractivity contribution is 0.0840. The minimum absolute atomic E-state index is 0.123. The van der Waals surface area contributed by atoms with Crippen LogP contribution in [-0.2, 0) is 6.54 Å². The van der Waals surface area contributed by atoms with E-state index >= 15 is 0 Å². The summed E-state index contributed by atoms with van der Waals surface area (Å²) >= 11 is 0. The molecule has 2 N–H and O–H groups in total. The molecule has 0 spiro atoms. The number of hydrogen-bond acceptors (Lipinski definition) is 5. The number of aliphatic hydroxyl groups excluding tert-OH is 1. The second-order valence-corrected chi connectivity index (χ2v) is 7.06. The number of carbonyl (C=O) groups is 1. The number of amides is 1. The van der Waals surface area contributed by atoms with E-state index in [1.54, 1.807) is 19.2 Å². The highest BCUT2D eigenvalue weighted by Crippen LogP contribution is 2.30. The van der Waals surface area contributed by atoms with Gasteiger partial charge in [-0.05, 0) is 31.7 Å². The van der Waals surface area contributed by atoms with Gasteiger partial charge in [-0.25, -0.2) is 0 Å². The van der Waals surface area contributed by atoms with Crippen LogP contribution in [0.1, 0.15) is 42.1 Å². The van der Waals surface area contributed by atoms with Gasteiger partial charge in [0.15, 0.2) is 0 Å². The minimum atomic E-state index is -0.534. The second-order valence-electron chi connectivity index (χ2n) is 7.06. The van der Waals surface area contributed by atoms with Crippen molar-refractivity contribution in [2.24, 2.45) is 5.92 Å². The molecule has 0 saturated heterocycles. The molecule has 0 bridgehead atoms. The first kappa shape index (κ1) is 17.5. The Morgan fingerprint density at radius 1 is 1.33 bits per heavy atom. The quantitative estimate of drug-likeness (QED) is 0.700. The summed E-state index contributed by atoms with van der Waals surface area (Å²) < 4.78 is 7.04. The third-order valence-electron chi connectivity index (χ3n) is 4.98. The fourth-order valence-corrected chi connectivity index (χ4v) is 3.48. The maximum Gasteiger partial charge on any atom is 0.290 e. The lowest BCUT2D eigenvalue weighted by Crippen LogP contribution is -2.45. The van der Waals surface area contributed by atoms with Crippen LogP contribution >= 0.6 is 0 Å². The molecule has 7 heteroatoms. The first-order valence-electron chi connectivity index (χ1n) is 9.13. The Labute approximate surface area is 157 Å². The molecule has 7 nitrogen and oxygen atoms in total. The molecular formula is C20H22N4O3. The van der Waals surface area contributed by atoms with Gasteiger partial charge >= 0.3 is 0 Å². The molecule has 2 aromatic heterocycles. The molecule has 0 unspecified atom stereocenters. The predicted octanol–water partition coefficient (Wildman–Crippen LogP) is 2.80. The van der Waals surface area contributed by atoms with Crippen molar-refractivity contribution in [3.8, 4) is 11.3 Å². The fraction of sp³-hybridized carbons (Fsp3) is 0.350. The largest absolute Gasteiger partial charge is 0.387 e. The van der Waals surface area contributed by atoms with E-state index in [4.69, 9.17) is 4.52 Å². The summed E-state index contributed by atoms with van der Waals surface area (Å²) in [5, 5.41) is 21.0. The van der Waals surface area contributed by atoms with Crippen LogP contribution in [0.25, 0.3) is 11.3 Å². The average Bonchev–Trinajstić information content (AvgIpc) is 3.30. The summed E-state index contributed by atoms with van der Waals surface area (Å²) in [6, 6.07) is 13.2. The molecule has 140 valence electrons. The minimum Gasteiger partial charge on any atom is -0.387 e. The zero-order chi connectivity index (χ0) is 18.8. The molecule has 1 aromatic carbocycles. The number of rotatable bonds is 6. The maximum atomic E-state index is 12.4. The van der Waals surface area contributed by atoms with E-state index in [0.717, 1.165) is 30.6 Å². The van der Waals surface area contributed by atoms with Crippen LogP contribution in [0.4, 0.5) is 0 Å². The average molecular weight is 366 g/mol. The highest BCUT2D eigenvalue weighted by Gasteiger charge is 2.32. The van der Waals surface area contributed by atoms with Gasteiger partial charge in [-0.3, -0.25) is 9.48 Å². The zero-order valence-electron chi connectivity index (χ0n) is 15.1. The van der Waals surface area contributed by atoms with Gasteiger partial charge in [-0.2, -0.15) is 5.10 Å². The van der Waals surface area contributed by atoms with Crippen molar-refractivity contribution in [3.63, 3.8) is 0 Å². The van der Waals surface area contributed by atoms with Gasteiger partial charge in [0.25, 0.3) is 5.91 Å². The number of nitrogens with zero attached hydrogens (tertiary/aromatic N) is 3. The Morgan fingerprint density at radius 3 is 2.85 bits per heavy atom. The molecule has 1 aliphatic rings. The summed E-state index contributed by atoms with van der Waals surface area (Å²) in [5.74, 6) is 0.417. The molecule has 27 heavy (non-hydrogen) atoms. The Morgan fingerprint density at radius 2 is 2.11 bits per heavy atom. The van der Waals surface area contributed by atoms with Crippen molar-refractivity contribution < 1.29 is 14.4 Å². The predicted molar refractivity (Wildman–Crippen MR) is 98.8 cm³/mol. The summed E-state index contributed by atoms with van der Waals surface area (Å²) in [7, 11) is 0. The van der Waals surface area contributed by atoms with Crippen LogP contribution in [-0.4, -0.2) is 32.0 Å². The Kier molecular flexibility index (Phi) is 4.77. The molecule has 3 aromatic rings. The number of nitrogens with one attached hydrogen (secondary N) is 1. The summed E-state index contributed by atoms with van der Waals surface area (Å²) in [5.41, 5.74) is 2.38. The Balaban J connectivity index is 1.29. The van der Waals surface area contributed by atoms with E-state index < -0.39 is 6.10 Å². The van der Waals surface area contributed by atoms with E-state index in [2.05, 4.69) is 15.6 Å². The lowest BCUT2D eigenvalue weighted by atomic mass is 9.80. The van der Waals surface area contributed by atoms with Crippen molar-refractivity contribution in [3.05, 3.63) is 60.1 Å². The van der Waals surface area contributed by atoms with Crippen LogP contribution < -0.4 is 5.32 Å². The molecule has 2 heterocycles. The van der Waals surface area contributed by atoms with E-state index in [0.29, 0.717) is 11.6 Å². The van der Waals surface area contributed by atoms with Gasteiger partial charge < -0.3 is 14.9 Å². The Bertz CT molecular complexity index is 910. The molecule has 1 atom stereocenters. The number of hydrogen-bond donors (Lipinski definition) is 2. The third-order valence-corrected chi connectivity index (χ3v) is 4.98. The third kappa shape index (κ3) is 3.78. The normalized spacial score (nSPS) is 20.1. The van der Waals surface area contributed by atoms with Gasteiger partial charge in [-0.15, -0.1) is 0 Å². The van der Waals surface area contributed by atoms with Crippen LogP contribution in [0.3, 0.4) is 0 Å². The lowest BCUT2D eigenvalue weighted by Gasteiger charge is -2.35. The molecule has 1 aliphatic carbocycles. The Hall–Kier alpha value is -2.93. The first-order valence-corrected chi connectivity index (χ1v) is 9.13. The fourth-order valence-electron chi connectivity index (χ4n) is 3.48. The van der Waals surface area contributed by atoms with Crippen molar-refractivity contribution in [1.29, 1.82) is 0 Å². The second kappa shape index (κ2) is 7.36. The van der Waals surface area contributed by atoms with Crippen LogP contribution in [0, 0.1) is 5.92 Å². The maximum absolute atomic E-state index is 12.4. The summed E-state index contributed by atoms with van der Waals surface area (Å²) in [6.45, 7) is 2.48. The summed E-state index contributed by atoms with van der Waals surface area (Å²) in [4.78, 5) is 12.4.